The molecular formula is C12H22N2O4. The van der Waals surface area contributed by atoms with Gasteiger partial charge in [0, 0.05) is 19.5 Å². The first kappa shape index (κ1) is 14.8. The number of carbonyl (C=O) groups is 2. The lowest BCUT2D eigenvalue weighted by atomic mass is 10.0. The third-order valence-electron chi connectivity index (χ3n) is 3.52. The van der Waals surface area contributed by atoms with Crippen LogP contribution in [0.5, 0.6) is 0 Å². The molecule has 1 fully saturated rings. The van der Waals surface area contributed by atoms with Crippen LogP contribution in [0.3, 0.4) is 0 Å². The molecule has 0 radical (unpaired) electrons. The van der Waals surface area contributed by atoms with E-state index in [9.17, 15) is 14.7 Å². The number of aliphatic hydroxyl groups excluding tert-OH is 1. The van der Waals surface area contributed by atoms with Crippen molar-refractivity contribution in [3.8, 4) is 0 Å². The maximum atomic E-state index is 11.9. The monoisotopic (exact) mass is 258 g/mol. The lowest BCUT2D eigenvalue weighted by Crippen LogP contribution is -2.47. The normalized spacial score (nSPS) is 23.4. The van der Waals surface area contributed by atoms with Crippen LogP contribution in [-0.2, 0) is 4.79 Å². The van der Waals surface area contributed by atoms with E-state index in [2.05, 4.69) is 19.2 Å². The zero-order chi connectivity index (χ0) is 13.7. The maximum absolute atomic E-state index is 11.9. The van der Waals surface area contributed by atoms with Gasteiger partial charge in [0.05, 0.1) is 6.10 Å². The molecule has 1 aliphatic heterocycles. The van der Waals surface area contributed by atoms with E-state index in [1.54, 1.807) is 0 Å². The Bertz CT molecular complexity index is 304. The molecule has 6 heteroatoms. The number of carboxylic acids is 1. The molecule has 0 bridgehead atoms. The van der Waals surface area contributed by atoms with Gasteiger partial charge in [-0.2, -0.15) is 0 Å². The molecular weight excluding hydrogens is 236 g/mol. The molecule has 1 saturated heterocycles. The zero-order valence-corrected chi connectivity index (χ0v) is 10.9. The molecule has 18 heavy (non-hydrogen) atoms. The van der Waals surface area contributed by atoms with Crippen LogP contribution < -0.4 is 5.32 Å². The Morgan fingerprint density at radius 1 is 1.39 bits per heavy atom. The van der Waals surface area contributed by atoms with Crippen molar-refractivity contribution in [1.82, 2.24) is 10.2 Å². The Labute approximate surface area is 107 Å². The van der Waals surface area contributed by atoms with Gasteiger partial charge in [-0.25, -0.2) is 9.59 Å². The van der Waals surface area contributed by atoms with Crippen LogP contribution in [0, 0.1) is 5.92 Å². The van der Waals surface area contributed by atoms with Gasteiger partial charge in [-0.15, -0.1) is 0 Å². The van der Waals surface area contributed by atoms with Gasteiger partial charge in [0.2, 0.25) is 0 Å². The number of hydrogen-bond donors (Lipinski definition) is 3. The number of urea groups is 1. The Kier molecular flexibility index (Phi) is 5.40. The highest BCUT2D eigenvalue weighted by atomic mass is 16.4. The van der Waals surface area contributed by atoms with Crippen molar-refractivity contribution in [3.05, 3.63) is 0 Å². The van der Waals surface area contributed by atoms with Crippen LogP contribution in [-0.4, -0.2) is 52.3 Å². The van der Waals surface area contributed by atoms with Gasteiger partial charge in [-0.05, 0) is 5.92 Å². The van der Waals surface area contributed by atoms with Crippen molar-refractivity contribution >= 4 is 12.0 Å². The topological polar surface area (TPSA) is 89.9 Å². The summed E-state index contributed by atoms with van der Waals surface area (Å²) in [6.07, 6.45) is 1.31. The number of β-amino-alcohol motifs (C(OH)–C–C–N with tert-alkyl or cyclic N) is 1. The summed E-state index contributed by atoms with van der Waals surface area (Å²) < 4.78 is 0. The number of carbonyl (C=O) groups excluding carboxylic acids is 1. The van der Waals surface area contributed by atoms with E-state index in [0.29, 0.717) is 12.5 Å². The van der Waals surface area contributed by atoms with Crippen molar-refractivity contribution in [2.24, 2.45) is 5.92 Å². The van der Waals surface area contributed by atoms with Crippen LogP contribution in [0.4, 0.5) is 4.79 Å². The smallest absolute Gasteiger partial charge is 0.326 e. The predicted molar refractivity (Wildman–Crippen MR) is 66.2 cm³/mol. The van der Waals surface area contributed by atoms with E-state index < -0.39 is 24.1 Å². The number of hydrogen-bond acceptors (Lipinski definition) is 3. The first-order chi connectivity index (χ1) is 8.49. The summed E-state index contributed by atoms with van der Waals surface area (Å²) in [7, 11) is 0. The third kappa shape index (κ3) is 3.60. The molecule has 0 unspecified atom stereocenters. The molecule has 3 N–H and O–H groups in total. The average molecular weight is 258 g/mol. The van der Waals surface area contributed by atoms with Crippen molar-refractivity contribution in [2.75, 3.05) is 13.1 Å². The summed E-state index contributed by atoms with van der Waals surface area (Å²) in [5.41, 5.74) is 0. The number of aliphatic carboxylic acids is 1. The minimum atomic E-state index is -1.07. The first-order valence-corrected chi connectivity index (χ1v) is 6.44. The van der Waals surface area contributed by atoms with E-state index in [0.717, 1.165) is 12.8 Å². The molecule has 2 amide bonds. The van der Waals surface area contributed by atoms with Crippen LogP contribution >= 0.6 is 0 Å². The maximum Gasteiger partial charge on any atom is 0.326 e. The van der Waals surface area contributed by atoms with Gasteiger partial charge in [0.15, 0.2) is 0 Å². The van der Waals surface area contributed by atoms with Crippen molar-refractivity contribution in [3.63, 3.8) is 0 Å². The van der Waals surface area contributed by atoms with Crippen LogP contribution in [0.1, 0.15) is 33.1 Å². The second-order valence-corrected chi connectivity index (χ2v) is 4.76. The molecule has 0 aromatic heterocycles. The minimum Gasteiger partial charge on any atom is -0.480 e. The number of nitrogens with one attached hydrogen (secondary N) is 1. The Morgan fingerprint density at radius 2 is 2.00 bits per heavy atom. The molecule has 0 saturated carbocycles. The Hall–Kier alpha value is -1.30. The number of likely N-dealkylation sites (tertiary alicyclic amines) is 1. The number of rotatable bonds is 5. The summed E-state index contributed by atoms with van der Waals surface area (Å²) in [6.45, 7) is 4.75. The van der Waals surface area contributed by atoms with Crippen LogP contribution in [0.2, 0.25) is 0 Å². The van der Waals surface area contributed by atoms with Crippen LogP contribution in [0.15, 0.2) is 0 Å². The van der Waals surface area contributed by atoms with E-state index >= 15 is 0 Å². The van der Waals surface area contributed by atoms with Gasteiger partial charge < -0.3 is 20.4 Å². The molecule has 104 valence electrons. The highest BCUT2D eigenvalue weighted by Crippen LogP contribution is 2.18. The molecule has 1 aliphatic rings. The van der Waals surface area contributed by atoms with E-state index in [1.807, 2.05) is 0 Å². The summed E-state index contributed by atoms with van der Waals surface area (Å²) >= 11 is 0. The second kappa shape index (κ2) is 6.58. The Balaban J connectivity index is 2.52. The molecule has 1 heterocycles. The second-order valence-electron chi connectivity index (χ2n) is 4.76. The van der Waals surface area contributed by atoms with Gasteiger partial charge in [0.1, 0.15) is 6.04 Å². The summed E-state index contributed by atoms with van der Waals surface area (Å²) in [4.78, 5) is 24.1. The molecule has 0 aromatic carbocycles. The lowest BCUT2D eigenvalue weighted by Gasteiger charge is -2.23. The standard InChI is InChI=1S/C12H22N2O4/c1-3-8(4-2)6-13-12(18)14-7-9(15)5-10(14)11(16)17/h8-10,15H,3-7H2,1-2H3,(H,13,18)(H,16,17)/t9-,10-/m0/s1. The molecule has 0 aliphatic carbocycles. The number of aliphatic hydroxyl groups is 1. The fourth-order valence-corrected chi connectivity index (χ4v) is 2.18. The quantitative estimate of drug-likeness (QED) is 0.675. The van der Waals surface area contributed by atoms with Gasteiger partial charge >= 0.3 is 12.0 Å². The fourth-order valence-electron chi connectivity index (χ4n) is 2.18. The Morgan fingerprint density at radius 3 is 2.50 bits per heavy atom. The highest BCUT2D eigenvalue weighted by Gasteiger charge is 2.38. The van der Waals surface area contributed by atoms with Gasteiger partial charge in [0.25, 0.3) is 0 Å². The van der Waals surface area contributed by atoms with E-state index in [1.165, 1.54) is 4.90 Å². The summed E-state index contributed by atoms with van der Waals surface area (Å²) in [6, 6.07) is -1.31. The SMILES string of the molecule is CCC(CC)CNC(=O)N1C[C@@H](O)C[C@H]1C(=O)O. The highest BCUT2D eigenvalue weighted by molar-refractivity contribution is 5.83. The van der Waals surface area contributed by atoms with Crippen LogP contribution in [0.25, 0.3) is 0 Å². The van der Waals surface area contributed by atoms with E-state index in [4.69, 9.17) is 5.11 Å². The average Bonchev–Trinajstić information content (AvgIpc) is 2.72. The minimum absolute atomic E-state index is 0.0890. The molecule has 2 atom stereocenters. The first-order valence-electron chi connectivity index (χ1n) is 6.44. The van der Waals surface area contributed by atoms with E-state index in [-0.39, 0.29) is 13.0 Å². The number of carboxylic acid groups (broad SMARTS) is 1. The summed E-state index contributed by atoms with van der Waals surface area (Å²) in [5, 5.41) is 21.2. The predicted octanol–water partition coefficient (Wildman–Crippen LogP) is 0.652. The third-order valence-corrected chi connectivity index (χ3v) is 3.52. The van der Waals surface area contributed by atoms with Crippen molar-refractivity contribution < 1.29 is 19.8 Å². The van der Waals surface area contributed by atoms with Crippen molar-refractivity contribution in [1.29, 1.82) is 0 Å². The molecule has 1 rings (SSSR count). The molecule has 0 spiro atoms. The summed E-state index contributed by atoms with van der Waals surface area (Å²) in [5.74, 6) is -0.658. The number of amides is 2. The van der Waals surface area contributed by atoms with Gasteiger partial charge in [-0.1, -0.05) is 26.7 Å². The lowest BCUT2D eigenvalue weighted by molar-refractivity contribution is -0.141. The largest absolute Gasteiger partial charge is 0.480 e. The molecule has 6 nitrogen and oxygen atoms in total. The zero-order valence-electron chi connectivity index (χ0n) is 10.9. The fraction of sp³-hybridized carbons (Fsp3) is 0.833. The molecule has 0 aromatic rings. The number of nitrogens with zero attached hydrogens (tertiary/aromatic N) is 1. The van der Waals surface area contributed by atoms with Crippen molar-refractivity contribution in [2.45, 2.75) is 45.3 Å². The van der Waals surface area contributed by atoms with Gasteiger partial charge in [-0.3, -0.25) is 0 Å².